The molecule has 68 valence electrons. The fraction of sp³-hybridized carbons (Fsp3) is 1.00. The van der Waals surface area contributed by atoms with Crippen molar-refractivity contribution in [2.45, 2.75) is 39.0 Å². The molecule has 0 aromatic carbocycles. The van der Waals surface area contributed by atoms with Crippen LogP contribution in [0.5, 0.6) is 0 Å². The van der Waals surface area contributed by atoms with Gasteiger partial charge in [0.2, 0.25) is 0 Å². The molecule has 11 heavy (non-hydrogen) atoms. The van der Waals surface area contributed by atoms with Gasteiger partial charge in [0.1, 0.15) is 0 Å². The largest absolute Gasteiger partial charge is 0.396 e. The minimum absolute atomic E-state index is 0.329. The number of aliphatic hydroxyl groups excluding tert-OH is 1. The molecule has 0 fully saturated rings. The number of halogens is 1. The maximum Gasteiger partial charge on any atom is 0.0456 e. The molecular formula is C9H19ClO. The van der Waals surface area contributed by atoms with Crippen LogP contribution in [0.3, 0.4) is 0 Å². The third-order valence-corrected chi connectivity index (χ3v) is 2.16. The molecule has 0 aliphatic carbocycles. The van der Waals surface area contributed by atoms with Crippen molar-refractivity contribution in [2.75, 3.05) is 12.5 Å². The van der Waals surface area contributed by atoms with E-state index in [1.165, 1.54) is 19.3 Å². The van der Waals surface area contributed by atoms with Gasteiger partial charge in [-0.05, 0) is 18.8 Å². The van der Waals surface area contributed by atoms with Gasteiger partial charge in [0, 0.05) is 12.5 Å². The normalized spacial score (nSPS) is 13.4. The molecule has 0 amide bonds. The summed E-state index contributed by atoms with van der Waals surface area (Å²) in [7, 11) is 0. The van der Waals surface area contributed by atoms with E-state index in [4.69, 9.17) is 16.7 Å². The number of aliphatic hydroxyl groups is 1. The van der Waals surface area contributed by atoms with E-state index < -0.39 is 0 Å². The Morgan fingerprint density at radius 2 is 1.82 bits per heavy atom. The van der Waals surface area contributed by atoms with Gasteiger partial charge >= 0.3 is 0 Å². The van der Waals surface area contributed by atoms with Crippen molar-refractivity contribution in [3.63, 3.8) is 0 Å². The summed E-state index contributed by atoms with van der Waals surface area (Å²) in [5.74, 6) is 1.27. The lowest BCUT2D eigenvalue weighted by Crippen LogP contribution is -1.99. The van der Waals surface area contributed by atoms with Gasteiger partial charge in [0.25, 0.3) is 0 Å². The highest BCUT2D eigenvalue weighted by molar-refractivity contribution is 6.17. The number of alkyl halides is 1. The van der Waals surface area contributed by atoms with Crippen LogP contribution >= 0.6 is 11.6 Å². The zero-order valence-corrected chi connectivity index (χ0v) is 8.11. The Labute approximate surface area is 74.8 Å². The molecule has 0 saturated heterocycles. The third kappa shape index (κ3) is 8.15. The Hall–Kier alpha value is 0.250. The summed E-state index contributed by atoms with van der Waals surface area (Å²) in [5.41, 5.74) is 0. The highest BCUT2D eigenvalue weighted by Gasteiger charge is 1.98. The lowest BCUT2D eigenvalue weighted by atomic mass is 10.0. The van der Waals surface area contributed by atoms with Gasteiger partial charge in [-0.15, -0.1) is 11.6 Å². The van der Waals surface area contributed by atoms with Crippen LogP contribution in [-0.2, 0) is 0 Å². The molecule has 0 radical (unpaired) electrons. The second-order valence-electron chi connectivity index (χ2n) is 3.18. The van der Waals surface area contributed by atoms with Crippen LogP contribution in [0.15, 0.2) is 0 Å². The van der Waals surface area contributed by atoms with E-state index >= 15 is 0 Å². The summed E-state index contributed by atoms with van der Waals surface area (Å²) >= 11 is 5.53. The van der Waals surface area contributed by atoms with E-state index in [1.54, 1.807) is 0 Å². The molecule has 0 aliphatic heterocycles. The summed E-state index contributed by atoms with van der Waals surface area (Å²) in [5, 5.41) is 8.72. The fourth-order valence-corrected chi connectivity index (χ4v) is 1.22. The molecular weight excluding hydrogens is 160 g/mol. The zero-order valence-electron chi connectivity index (χ0n) is 7.35. The number of hydrogen-bond acceptors (Lipinski definition) is 1. The Balaban J connectivity index is 2.89. The second-order valence-corrected chi connectivity index (χ2v) is 3.56. The molecule has 0 aromatic rings. The van der Waals surface area contributed by atoms with Crippen LogP contribution < -0.4 is 0 Å². The SMILES string of the molecule is C[C@@H](CO)CCCCCCCl. The van der Waals surface area contributed by atoms with E-state index in [2.05, 4.69) is 6.92 Å². The van der Waals surface area contributed by atoms with Crippen LogP contribution in [0.25, 0.3) is 0 Å². The van der Waals surface area contributed by atoms with Crippen molar-refractivity contribution in [1.29, 1.82) is 0 Å². The lowest BCUT2D eigenvalue weighted by molar-refractivity contribution is 0.227. The van der Waals surface area contributed by atoms with Gasteiger partial charge in [0.15, 0.2) is 0 Å². The molecule has 0 heterocycles. The predicted molar refractivity (Wildman–Crippen MR) is 50.1 cm³/mol. The lowest BCUT2D eigenvalue weighted by Gasteiger charge is -2.05. The highest BCUT2D eigenvalue weighted by Crippen LogP contribution is 2.09. The van der Waals surface area contributed by atoms with Crippen molar-refractivity contribution >= 4 is 11.6 Å². The van der Waals surface area contributed by atoms with Gasteiger partial charge in [-0.2, -0.15) is 0 Å². The molecule has 1 nitrogen and oxygen atoms in total. The Morgan fingerprint density at radius 3 is 2.36 bits per heavy atom. The van der Waals surface area contributed by atoms with Gasteiger partial charge in [0.05, 0.1) is 0 Å². The van der Waals surface area contributed by atoms with Crippen LogP contribution in [0.4, 0.5) is 0 Å². The van der Waals surface area contributed by atoms with Gasteiger partial charge < -0.3 is 5.11 Å². The molecule has 1 atom stereocenters. The molecule has 1 N–H and O–H groups in total. The average Bonchev–Trinajstić information content (AvgIpc) is 2.04. The van der Waals surface area contributed by atoms with Crippen LogP contribution in [0, 0.1) is 5.92 Å². The molecule has 0 bridgehead atoms. The highest BCUT2D eigenvalue weighted by atomic mass is 35.5. The summed E-state index contributed by atoms with van der Waals surface area (Å²) in [6.45, 7) is 2.41. The second kappa shape index (κ2) is 8.35. The molecule has 0 aliphatic rings. The average molecular weight is 179 g/mol. The van der Waals surface area contributed by atoms with Crippen molar-refractivity contribution < 1.29 is 5.11 Å². The van der Waals surface area contributed by atoms with E-state index in [-0.39, 0.29) is 0 Å². The quantitative estimate of drug-likeness (QED) is 0.470. The monoisotopic (exact) mass is 178 g/mol. The first-order valence-electron chi connectivity index (χ1n) is 4.48. The summed E-state index contributed by atoms with van der Waals surface area (Å²) in [6, 6.07) is 0. The molecule has 0 rings (SSSR count). The zero-order chi connectivity index (χ0) is 8.53. The smallest absolute Gasteiger partial charge is 0.0456 e. The Kier molecular flexibility index (Phi) is 8.54. The van der Waals surface area contributed by atoms with E-state index in [9.17, 15) is 0 Å². The molecule has 0 spiro atoms. The first-order valence-corrected chi connectivity index (χ1v) is 5.01. The van der Waals surface area contributed by atoms with Crippen LogP contribution in [0.2, 0.25) is 0 Å². The minimum Gasteiger partial charge on any atom is -0.396 e. The number of unbranched alkanes of at least 4 members (excludes halogenated alkanes) is 3. The van der Waals surface area contributed by atoms with E-state index in [0.717, 1.165) is 18.7 Å². The van der Waals surface area contributed by atoms with Gasteiger partial charge in [-0.3, -0.25) is 0 Å². The molecule has 0 saturated carbocycles. The maximum atomic E-state index is 8.72. The minimum atomic E-state index is 0.329. The molecule has 0 unspecified atom stereocenters. The molecule has 0 aromatic heterocycles. The van der Waals surface area contributed by atoms with Gasteiger partial charge in [-0.25, -0.2) is 0 Å². The fourth-order valence-electron chi connectivity index (χ4n) is 1.03. The van der Waals surface area contributed by atoms with Crippen LogP contribution in [0.1, 0.15) is 39.0 Å². The summed E-state index contributed by atoms with van der Waals surface area (Å²) in [6.07, 6.45) is 6.02. The Morgan fingerprint density at radius 1 is 1.18 bits per heavy atom. The predicted octanol–water partition coefficient (Wildman–Crippen LogP) is 2.80. The first-order chi connectivity index (χ1) is 5.31. The van der Waals surface area contributed by atoms with Crippen molar-refractivity contribution in [3.8, 4) is 0 Å². The molecule has 2 heteroatoms. The topological polar surface area (TPSA) is 20.2 Å². The van der Waals surface area contributed by atoms with Crippen molar-refractivity contribution in [2.24, 2.45) is 5.92 Å². The van der Waals surface area contributed by atoms with Crippen molar-refractivity contribution in [3.05, 3.63) is 0 Å². The van der Waals surface area contributed by atoms with Gasteiger partial charge in [-0.1, -0.05) is 26.2 Å². The van der Waals surface area contributed by atoms with E-state index in [0.29, 0.717) is 12.5 Å². The summed E-state index contributed by atoms with van der Waals surface area (Å²) in [4.78, 5) is 0. The van der Waals surface area contributed by atoms with E-state index in [1.807, 2.05) is 0 Å². The standard InChI is InChI=1S/C9H19ClO/c1-9(8-11)6-4-2-3-5-7-10/h9,11H,2-8H2,1H3/t9-/m1/s1. The van der Waals surface area contributed by atoms with Crippen LogP contribution in [-0.4, -0.2) is 17.6 Å². The third-order valence-electron chi connectivity index (χ3n) is 1.89. The van der Waals surface area contributed by atoms with Crippen molar-refractivity contribution in [1.82, 2.24) is 0 Å². The Bertz CT molecular complexity index is 76.0. The summed E-state index contributed by atoms with van der Waals surface area (Å²) < 4.78 is 0. The number of hydrogen-bond donors (Lipinski definition) is 1. The maximum absolute atomic E-state index is 8.72. The number of rotatable bonds is 7. The first kappa shape index (κ1) is 11.2.